The van der Waals surface area contributed by atoms with Crippen LogP contribution in [0.4, 0.5) is 5.82 Å². The van der Waals surface area contributed by atoms with Crippen LogP contribution < -0.4 is 16.0 Å². The lowest BCUT2D eigenvalue weighted by Crippen LogP contribution is -2.39. The largest absolute Gasteiger partial charge is 0.382 e. The van der Waals surface area contributed by atoms with Crippen molar-refractivity contribution in [1.29, 1.82) is 0 Å². The fraction of sp³-hybridized carbons (Fsp3) is 0.588. The normalized spacial score (nSPS) is 11.2. The van der Waals surface area contributed by atoms with Crippen molar-refractivity contribution >= 4 is 17.7 Å². The molecule has 0 aromatic carbocycles. The van der Waals surface area contributed by atoms with Crippen LogP contribution >= 0.6 is 0 Å². The minimum Gasteiger partial charge on any atom is -0.382 e. The fourth-order valence-electron chi connectivity index (χ4n) is 1.94. The maximum atomic E-state index is 11.9. The lowest BCUT2D eigenvalue weighted by Gasteiger charge is -2.11. The summed E-state index contributed by atoms with van der Waals surface area (Å²) in [6.45, 7) is 6.84. The first kappa shape index (κ1) is 19.9. The molecule has 134 valence electrons. The Bertz CT molecular complexity index is 502. The number of carbonyl (C=O) groups excluding carboxylic acids is 1. The highest BCUT2D eigenvalue weighted by Crippen LogP contribution is 2.03. The van der Waals surface area contributed by atoms with Crippen LogP contribution in [0.3, 0.4) is 0 Å². The molecule has 1 amide bonds. The van der Waals surface area contributed by atoms with Crippen LogP contribution in [-0.2, 0) is 9.53 Å². The summed E-state index contributed by atoms with van der Waals surface area (Å²) >= 11 is 0. The van der Waals surface area contributed by atoms with Crippen molar-refractivity contribution in [2.45, 2.75) is 33.1 Å². The molecule has 0 aliphatic carbocycles. The maximum absolute atomic E-state index is 11.9. The van der Waals surface area contributed by atoms with Crippen LogP contribution in [0.25, 0.3) is 0 Å². The van der Waals surface area contributed by atoms with Crippen LogP contribution in [-0.4, -0.2) is 50.2 Å². The quantitative estimate of drug-likeness (QED) is 0.344. The number of guanidine groups is 1. The van der Waals surface area contributed by atoms with Gasteiger partial charge in [0.1, 0.15) is 5.82 Å². The van der Waals surface area contributed by atoms with Gasteiger partial charge in [-0.2, -0.15) is 0 Å². The van der Waals surface area contributed by atoms with Gasteiger partial charge in [-0.3, -0.25) is 9.79 Å². The molecule has 0 aliphatic heterocycles. The summed E-state index contributed by atoms with van der Waals surface area (Å²) in [5.74, 6) is 1.20. The number of aryl methyl sites for hydroxylation is 1. The Kier molecular flexibility index (Phi) is 10.2. The number of anilines is 1. The molecule has 3 N–H and O–H groups in total. The highest BCUT2D eigenvalue weighted by atomic mass is 16.5. The van der Waals surface area contributed by atoms with Crippen molar-refractivity contribution in [3.8, 4) is 0 Å². The van der Waals surface area contributed by atoms with E-state index >= 15 is 0 Å². The van der Waals surface area contributed by atoms with Gasteiger partial charge in [0, 0.05) is 46.0 Å². The van der Waals surface area contributed by atoms with E-state index in [9.17, 15) is 4.79 Å². The third-order valence-corrected chi connectivity index (χ3v) is 3.26. The van der Waals surface area contributed by atoms with Gasteiger partial charge in [-0.1, -0.05) is 6.07 Å². The van der Waals surface area contributed by atoms with E-state index in [-0.39, 0.29) is 5.91 Å². The number of unbranched alkanes of at least 4 members (excludes halogenated alkanes) is 1. The molecule has 0 radical (unpaired) electrons. The van der Waals surface area contributed by atoms with Gasteiger partial charge >= 0.3 is 0 Å². The predicted molar refractivity (Wildman–Crippen MR) is 97.3 cm³/mol. The van der Waals surface area contributed by atoms with Crippen LogP contribution in [0.5, 0.6) is 0 Å². The van der Waals surface area contributed by atoms with Gasteiger partial charge in [0.15, 0.2) is 5.96 Å². The van der Waals surface area contributed by atoms with Gasteiger partial charge in [-0.15, -0.1) is 0 Å². The van der Waals surface area contributed by atoms with Gasteiger partial charge in [0.25, 0.3) is 0 Å². The average Bonchev–Trinajstić information content (AvgIpc) is 2.58. The molecule has 1 aromatic heterocycles. The molecule has 7 nitrogen and oxygen atoms in total. The second-order valence-corrected chi connectivity index (χ2v) is 5.35. The standard InChI is InChI=1S/C17H29N5O2/c1-4-24-12-6-5-10-19-17(18-3)20-11-9-16(23)22-15-8-7-14(2)13-21-15/h7-8,13H,4-6,9-12H2,1-3H3,(H2,18,19,20)(H,21,22,23). The van der Waals surface area contributed by atoms with Gasteiger partial charge in [-0.25, -0.2) is 4.98 Å². The zero-order chi connectivity index (χ0) is 17.6. The average molecular weight is 335 g/mol. The molecule has 0 bridgehead atoms. The Morgan fingerprint density at radius 2 is 2.04 bits per heavy atom. The van der Waals surface area contributed by atoms with Crippen LogP contribution in [0, 0.1) is 6.92 Å². The topological polar surface area (TPSA) is 87.6 Å². The maximum Gasteiger partial charge on any atom is 0.227 e. The Balaban J connectivity index is 2.14. The molecule has 0 fully saturated rings. The van der Waals surface area contributed by atoms with Gasteiger partial charge in [0.2, 0.25) is 5.91 Å². The fourth-order valence-corrected chi connectivity index (χ4v) is 1.94. The first-order valence-electron chi connectivity index (χ1n) is 8.40. The Morgan fingerprint density at radius 1 is 1.25 bits per heavy atom. The number of pyridine rings is 1. The third kappa shape index (κ3) is 9.09. The minimum absolute atomic E-state index is 0.0778. The van der Waals surface area contributed by atoms with Crippen molar-refractivity contribution < 1.29 is 9.53 Å². The van der Waals surface area contributed by atoms with Crippen LogP contribution in [0.2, 0.25) is 0 Å². The van der Waals surface area contributed by atoms with Crippen molar-refractivity contribution in [2.24, 2.45) is 4.99 Å². The molecule has 0 saturated carbocycles. The molecule has 0 spiro atoms. The Hall–Kier alpha value is -2.15. The molecular formula is C17H29N5O2. The first-order valence-corrected chi connectivity index (χ1v) is 8.40. The molecule has 1 heterocycles. The minimum atomic E-state index is -0.0778. The summed E-state index contributed by atoms with van der Waals surface area (Å²) in [6.07, 6.45) is 4.11. The number of nitrogens with zero attached hydrogens (tertiary/aromatic N) is 2. The van der Waals surface area contributed by atoms with E-state index in [2.05, 4.69) is 25.9 Å². The number of amides is 1. The summed E-state index contributed by atoms with van der Waals surface area (Å²) < 4.78 is 5.29. The molecule has 7 heteroatoms. The van der Waals surface area contributed by atoms with Crippen molar-refractivity contribution in [2.75, 3.05) is 38.7 Å². The van der Waals surface area contributed by atoms with E-state index in [4.69, 9.17) is 4.74 Å². The van der Waals surface area contributed by atoms with E-state index in [1.807, 2.05) is 19.9 Å². The SMILES string of the molecule is CCOCCCCNC(=NC)NCCC(=O)Nc1ccc(C)cn1. The summed E-state index contributed by atoms with van der Waals surface area (Å²) in [7, 11) is 1.71. The number of aliphatic imine (C=N–C) groups is 1. The van der Waals surface area contributed by atoms with E-state index in [0.29, 0.717) is 24.7 Å². The molecular weight excluding hydrogens is 306 g/mol. The number of ether oxygens (including phenoxy) is 1. The highest BCUT2D eigenvalue weighted by Gasteiger charge is 2.04. The zero-order valence-corrected chi connectivity index (χ0v) is 14.9. The summed E-state index contributed by atoms with van der Waals surface area (Å²) in [6, 6.07) is 3.71. The van der Waals surface area contributed by atoms with E-state index in [1.165, 1.54) is 0 Å². The molecule has 1 rings (SSSR count). The molecule has 24 heavy (non-hydrogen) atoms. The Labute approximate surface area is 144 Å². The van der Waals surface area contributed by atoms with E-state index in [0.717, 1.165) is 38.2 Å². The predicted octanol–water partition coefficient (Wildman–Crippen LogP) is 1.70. The molecule has 1 aromatic rings. The molecule has 0 aliphatic rings. The summed E-state index contributed by atoms with van der Waals surface area (Å²) in [5, 5.41) is 9.11. The summed E-state index contributed by atoms with van der Waals surface area (Å²) in [5.41, 5.74) is 1.06. The second-order valence-electron chi connectivity index (χ2n) is 5.35. The van der Waals surface area contributed by atoms with Crippen molar-refractivity contribution in [3.05, 3.63) is 23.9 Å². The smallest absolute Gasteiger partial charge is 0.227 e. The molecule has 0 atom stereocenters. The van der Waals surface area contributed by atoms with E-state index < -0.39 is 0 Å². The monoisotopic (exact) mass is 335 g/mol. The van der Waals surface area contributed by atoms with Crippen molar-refractivity contribution in [1.82, 2.24) is 15.6 Å². The number of aromatic nitrogens is 1. The van der Waals surface area contributed by atoms with Gasteiger partial charge in [-0.05, 0) is 38.3 Å². The number of nitrogens with one attached hydrogen (secondary N) is 3. The van der Waals surface area contributed by atoms with Gasteiger partial charge < -0.3 is 20.7 Å². The zero-order valence-electron chi connectivity index (χ0n) is 14.9. The van der Waals surface area contributed by atoms with Crippen molar-refractivity contribution in [3.63, 3.8) is 0 Å². The summed E-state index contributed by atoms with van der Waals surface area (Å²) in [4.78, 5) is 20.1. The lowest BCUT2D eigenvalue weighted by molar-refractivity contribution is -0.116. The Morgan fingerprint density at radius 3 is 2.71 bits per heavy atom. The number of hydrogen-bond acceptors (Lipinski definition) is 4. The number of rotatable bonds is 10. The number of carbonyl (C=O) groups is 1. The third-order valence-electron chi connectivity index (χ3n) is 3.26. The molecule has 0 unspecified atom stereocenters. The van der Waals surface area contributed by atoms with E-state index in [1.54, 1.807) is 19.3 Å². The van der Waals surface area contributed by atoms with Crippen LogP contribution in [0.15, 0.2) is 23.3 Å². The first-order chi connectivity index (χ1) is 11.7. The van der Waals surface area contributed by atoms with Gasteiger partial charge in [0.05, 0.1) is 0 Å². The second kappa shape index (κ2) is 12.3. The van der Waals surface area contributed by atoms with Crippen LogP contribution in [0.1, 0.15) is 31.7 Å². The highest BCUT2D eigenvalue weighted by molar-refractivity contribution is 5.90. The lowest BCUT2D eigenvalue weighted by atomic mass is 10.3. The number of hydrogen-bond donors (Lipinski definition) is 3. The molecule has 0 saturated heterocycles.